The molecule has 0 spiro atoms. The third-order valence-electron chi connectivity index (χ3n) is 1.86. The largest absolute Gasteiger partial charge is 0.497 e. The van der Waals surface area contributed by atoms with Crippen LogP contribution in [-0.2, 0) is 0 Å². The Hall–Kier alpha value is -1.62. The summed E-state index contributed by atoms with van der Waals surface area (Å²) in [6, 6.07) is 7.71. The van der Waals surface area contributed by atoms with Crippen LogP contribution in [-0.4, -0.2) is 25.0 Å². The first-order valence-corrected chi connectivity index (χ1v) is 5.43. The molecular weight excluding hydrogens is 222 g/mol. The zero-order valence-corrected chi connectivity index (χ0v) is 10.2. The summed E-state index contributed by atoms with van der Waals surface area (Å²) in [5.74, 6) is 0.824. The number of hydrazine groups is 1. The molecule has 86 valence electrons. The van der Waals surface area contributed by atoms with Crippen LogP contribution in [0.3, 0.4) is 0 Å². The van der Waals surface area contributed by atoms with Gasteiger partial charge in [-0.15, -0.1) is 10.5 Å². The summed E-state index contributed by atoms with van der Waals surface area (Å²) >= 11 is 4.99. The second-order valence-corrected chi connectivity index (χ2v) is 3.46. The number of benzene rings is 1. The number of thiocarbonyl (C=S) groups is 1. The van der Waals surface area contributed by atoms with Gasteiger partial charge in [-0.1, -0.05) is 6.07 Å². The van der Waals surface area contributed by atoms with Crippen molar-refractivity contribution in [3.8, 4) is 5.75 Å². The summed E-state index contributed by atoms with van der Waals surface area (Å²) in [6.07, 6.45) is 1.81. The Morgan fingerprint density at radius 2 is 2.38 bits per heavy atom. The molecule has 0 saturated heterocycles. The van der Waals surface area contributed by atoms with Gasteiger partial charge in [0.05, 0.1) is 7.11 Å². The van der Waals surface area contributed by atoms with Crippen LogP contribution in [0.2, 0.25) is 0 Å². The van der Waals surface area contributed by atoms with Gasteiger partial charge in [0.15, 0.2) is 6.21 Å². The van der Waals surface area contributed by atoms with Gasteiger partial charge in [0.2, 0.25) is 5.11 Å². The van der Waals surface area contributed by atoms with E-state index in [1.807, 2.05) is 37.4 Å². The first-order chi connectivity index (χ1) is 7.76. The fourth-order valence-electron chi connectivity index (χ4n) is 1.12. The van der Waals surface area contributed by atoms with E-state index in [2.05, 4.69) is 15.8 Å². The standard InChI is InChI=1S/C11H15N3OS/c1-3-12-11(16)14-13-8-9-5-4-6-10(7-9)15-2/h4-8H,3H2,1-2H3,(H2,12,14,16)/p+1. The molecule has 0 heterocycles. The van der Waals surface area contributed by atoms with Gasteiger partial charge in [-0.3, -0.25) is 0 Å². The van der Waals surface area contributed by atoms with Crippen molar-refractivity contribution in [2.75, 3.05) is 13.7 Å². The predicted molar refractivity (Wildman–Crippen MR) is 68.5 cm³/mol. The van der Waals surface area contributed by atoms with Crippen LogP contribution < -0.4 is 20.6 Å². The summed E-state index contributed by atoms with van der Waals surface area (Å²) in [5, 5.41) is 6.44. The molecule has 1 rings (SSSR count). The second-order valence-electron chi connectivity index (χ2n) is 3.05. The molecule has 4 nitrogen and oxygen atoms in total. The molecule has 5 heteroatoms. The Balaban J connectivity index is 2.52. The highest BCUT2D eigenvalue weighted by atomic mass is 32.1. The summed E-state index contributed by atoms with van der Waals surface area (Å²) < 4.78 is 5.11. The van der Waals surface area contributed by atoms with E-state index in [4.69, 9.17) is 17.0 Å². The molecule has 0 unspecified atom stereocenters. The predicted octanol–water partition coefficient (Wildman–Crippen LogP) is -0.406. The number of hydrogen-bond acceptors (Lipinski definition) is 2. The smallest absolute Gasteiger partial charge is 0.223 e. The van der Waals surface area contributed by atoms with E-state index in [1.54, 1.807) is 7.11 Å². The molecule has 0 bridgehead atoms. The minimum Gasteiger partial charge on any atom is -0.497 e. The van der Waals surface area contributed by atoms with Gasteiger partial charge >= 0.3 is 0 Å². The summed E-state index contributed by atoms with van der Waals surface area (Å²) in [6.45, 7) is 2.78. The Morgan fingerprint density at radius 1 is 1.56 bits per heavy atom. The lowest BCUT2D eigenvalue weighted by Crippen LogP contribution is -2.82. The first-order valence-electron chi connectivity index (χ1n) is 5.03. The van der Waals surface area contributed by atoms with Gasteiger partial charge in [-0.25, -0.2) is 0 Å². The normalized spacial score (nSPS) is 10.1. The van der Waals surface area contributed by atoms with Crippen molar-refractivity contribution in [1.82, 2.24) is 10.7 Å². The van der Waals surface area contributed by atoms with Crippen LogP contribution in [0, 0.1) is 0 Å². The van der Waals surface area contributed by atoms with Gasteiger partial charge in [0.25, 0.3) is 0 Å². The van der Waals surface area contributed by atoms with Crippen LogP contribution in [0.25, 0.3) is 0 Å². The highest BCUT2D eigenvalue weighted by molar-refractivity contribution is 7.80. The maximum atomic E-state index is 5.11. The number of rotatable bonds is 4. The average Bonchev–Trinajstić information content (AvgIpc) is 2.30. The van der Waals surface area contributed by atoms with Crippen LogP contribution in [0.15, 0.2) is 24.3 Å². The van der Waals surface area contributed by atoms with Crippen molar-refractivity contribution < 1.29 is 9.84 Å². The number of ether oxygens (including phenoxy) is 1. The first kappa shape index (κ1) is 12.4. The number of hydrogen-bond donors (Lipinski definition) is 3. The lowest BCUT2D eigenvalue weighted by Gasteiger charge is -1.99. The van der Waals surface area contributed by atoms with Crippen molar-refractivity contribution in [3.63, 3.8) is 0 Å². The van der Waals surface area contributed by atoms with E-state index < -0.39 is 0 Å². The van der Waals surface area contributed by atoms with Crippen molar-refractivity contribution >= 4 is 23.5 Å². The van der Waals surface area contributed by atoms with E-state index in [-0.39, 0.29) is 0 Å². The lowest BCUT2D eigenvalue weighted by molar-refractivity contribution is -0.500. The minimum absolute atomic E-state index is 0.571. The van der Waals surface area contributed by atoms with Crippen LogP contribution in [0.5, 0.6) is 5.75 Å². The highest BCUT2D eigenvalue weighted by Gasteiger charge is 1.96. The Bertz CT molecular complexity index is 379. The van der Waals surface area contributed by atoms with E-state index in [1.165, 1.54) is 0 Å². The molecule has 0 aliphatic rings. The topological polar surface area (TPSA) is 47.3 Å². The number of nitrogens with one attached hydrogen (secondary N) is 3. The summed E-state index contributed by atoms with van der Waals surface area (Å²) in [5.41, 5.74) is 3.85. The minimum atomic E-state index is 0.571. The molecule has 1 aromatic rings. The molecule has 0 aromatic heterocycles. The lowest BCUT2D eigenvalue weighted by atomic mass is 10.2. The molecule has 0 aliphatic carbocycles. The second kappa shape index (κ2) is 6.79. The SMILES string of the molecule is CCNC(=S)N[NH+]=Cc1cccc(OC)c1. The van der Waals surface area contributed by atoms with Gasteiger partial charge < -0.3 is 10.1 Å². The van der Waals surface area contributed by atoms with Gasteiger partial charge in [0, 0.05) is 12.1 Å². The van der Waals surface area contributed by atoms with E-state index in [0.717, 1.165) is 17.9 Å². The molecule has 0 saturated carbocycles. The van der Waals surface area contributed by atoms with Crippen LogP contribution >= 0.6 is 12.2 Å². The number of hydrazone groups is 1. The van der Waals surface area contributed by atoms with Crippen LogP contribution in [0.1, 0.15) is 12.5 Å². The fourth-order valence-corrected chi connectivity index (χ4v) is 1.32. The quantitative estimate of drug-likeness (QED) is 0.379. The summed E-state index contributed by atoms with van der Waals surface area (Å²) in [4.78, 5) is 0. The van der Waals surface area contributed by atoms with Crippen molar-refractivity contribution in [1.29, 1.82) is 0 Å². The Labute approximate surface area is 101 Å². The molecular formula is C11H16N3OS+. The molecule has 1 aromatic carbocycles. The maximum absolute atomic E-state index is 5.11. The molecule has 0 fully saturated rings. The van der Waals surface area contributed by atoms with Gasteiger partial charge in [0.1, 0.15) is 5.75 Å². The Morgan fingerprint density at radius 3 is 3.06 bits per heavy atom. The Kier molecular flexibility index (Phi) is 5.28. The third kappa shape index (κ3) is 4.27. The zero-order chi connectivity index (χ0) is 11.8. The third-order valence-corrected chi connectivity index (χ3v) is 2.10. The average molecular weight is 238 g/mol. The number of methoxy groups -OCH3 is 1. The van der Waals surface area contributed by atoms with Gasteiger partial charge in [-0.2, -0.15) is 0 Å². The van der Waals surface area contributed by atoms with E-state index >= 15 is 0 Å². The van der Waals surface area contributed by atoms with Gasteiger partial charge in [-0.05, 0) is 37.3 Å². The van der Waals surface area contributed by atoms with Crippen molar-refractivity contribution in [2.45, 2.75) is 6.92 Å². The zero-order valence-electron chi connectivity index (χ0n) is 9.41. The van der Waals surface area contributed by atoms with Crippen molar-refractivity contribution in [3.05, 3.63) is 29.8 Å². The monoisotopic (exact) mass is 238 g/mol. The maximum Gasteiger partial charge on any atom is 0.223 e. The molecule has 3 N–H and O–H groups in total. The fraction of sp³-hybridized carbons (Fsp3) is 0.273. The van der Waals surface area contributed by atoms with E-state index in [9.17, 15) is 0 Å². The van der Waals surface area contributed by atoms with Crippen molar-refractivity contribution in [2.24, 2.45) is 0 Å². The highest BCUT2D eigenvalue weighted by Crippen LogP contribution is 2.09. The van der Waals surface area contributed by atoms with Crippen LogP contribution in [0.4, 0.5) is 0 Å². The molecule has 0 atom stereocenters. The molecule has 0 amide bonds. The molecule has 16 heavy (non-hydrogen) atoms. The van der Waals surface area contributed by atoms with E-state index in [0.29, 0.717) is 5.11 Å². The summed E-state index contributed by atoms with van der Waals surface area (Å²) in [7, 11) is 1.64. The molecule has 0 aliphatic heterocycles. The molecule has 0 radical (unpaired) electrons.